The van der Waals surface area contributed by atoms with E-state index in [0.29, 0.717) is 0 Å². The summed E-state index contributed by atoms with van der Waals surface area (Å²) in [4.78, 5) is 45.5. The third-order valence-corrected chi connectivity index (χ3v) is 2.98. The maximum atomic E-state index is 12.2. The molecule has 8 nitrogen and oxygen atoms in total. The van der Waals surface area contributed by atoms with E-state index in [1.54, 1.807) is 6.92 Å². The molecule has 0 aromatic carbocycles. The molecule has 0 saturated heterocycles. The number of hydrogen-bond acceptors (Lipinski definition) is 6. The van der Waals surface area contributed by atoms with Gasteiger partial charge in [-0.3, -0.25) is 24.5 Å². The Labute approximate surface area is 120 Å². The molecule has 0 radical (unpaired) electrons. The highest BCUT2D eigenvalue weighted by Gasteiger charge is 2.37. The van der Waals surface area contributed by atoms with Crippen molar-refractivity contribution in [3.05, 3.63) is 38.8 Å². The smallest absolute Gasteiger partial charge is 0.319 e. The first-order valence-corrected chi connectivity index (χ1v) is 6.25. The monoisotopic (exact) mass is 296 g/mol. The summed E-state index contributed by atoms with van der Waals surface area (Å²) in [6.07, 6.45) is 0.974. The average Bonchev–Trinajstić information content (AvgIpc) is 2.40. The van der Waals surface area contributed by atoms with Gasteiger partial charge in [0.25, 0.3) is 11.2 Å². The van der Waals surface area contributed by atoms with Gasteiger partial charge >= 0.3 is 5.97 Å². The number of ketones is 1. The lowest BCUT2D eigenvalue weighted by Gasteiger charge is -2.21. The van der Waals surface area contributed by atoms with Gasteiger partial charge in [-0.25, -0.2) is 0 Å². The molecule has 0 fully saturated rings. The van der Waals surface area contributed by atoms with E-state index in [0.717, 1.165) is 22.9 Å². The predicted molar refractivity (Wildman–Crippen MR) is 72.8 cm³/mol. The lowest BCUT2D eigenvalue weighted by molar-refractivity contribution is -0.385. The summed E-state index contributed by atoms with van der Waals surface area (Å²) in [7, 11) is 0. The van der Waals surface area contributed by atoms with Crippen LogP contribution in [0.15, 0.2) is 23.1 Å². The summed E-state index contributed by atoms with van der Waals surface area (Å²) in [6, 6.07) is 2.06. The van der Waals surface area contributed by atoms with Crippen LogP contribution < -0.4 is 5.56 Å². The second-order valence-electron chi connectivity index (χ2n) is 4.88. The highest BCUT2D eigenvalue weighted by molar-refractivity contribution is 6.02. The molecule has 0 spiro atoms. The molecule has 0 N–H and O–H groups in total. The Morgan fingerprint density at radius 1 is 1.38 bits per heavy atom. The number of nitro groups is 1. The summed E-state index contributed by atoms with van der Waals surface area (Å²) in [5.41, 5.74) is -2.30. The van der Waals surface area contributed by atoms with Crippen LogP contribution in [0.1, 0.15) is 20.8 Å². The summed E-state index contributed by atoms with van der Waals surface area (Å²) in [6.45, 7) is 4.08. The number of carbonyl (C=O) groups is 2. The highest BCUT2D eigenvalue weighted by atomic mass is 16.6. The molecule has 1 aromatic rings. The Morgan fingerprint density at radius 3 is 2.52 bits per heavy atom. The average molecular weight is 296 g/mol. The van der Waals surface area contributed by atoms with E-state index in [1.807, 2.05) is 0 Å². The first kappa shape index (κ1) is 16.5. The zero-order valence-corrected chi connectivity index (χ0v) is 12.0. The van der Waals surface area contributed by atoms with Crippen LogP contribution in [0.25, 0.3) is 0 Å². The number of Topliss-reactive ketones (excluding diaryl/α,β-unsaturated/α-hetero) is 1. The molecular weight excluding hydrogens is 280 g/mol. The van der Waals surface area contributed by atoms with E-state index in [4.69, 9.17) is 4.74 Å². The molecule has 0 aliphatic carbocycles. The lowest BCUT2D eigenvalue weighted by atomic mass is 9.88. The van der Waals surface area contributed by atoms with E-state index in [9.17, 15) is 24.5 Å². The number of pyridine rings is 1. The normalized spacial score (nSPS) is 11.0. The second kappa shape index (κ2) is 6.29. The van der Waals surface area contributed by atoms with Crippen LogP contribution in [-0.4, -0.2) is 27.8 Å². The fraction of sp³-hybridized carbons (Fsp3) is 0.462. The molecule has 0 unspecified atom stereocenters. The number of rotatable bonds is 6. The van der Waals surface area contributed by atoms with E-state index in [1.165, 1.54) is 13.8 Å². The maximum Gasteiger partial charge on any atom is 0.319 e. The molecular formula is C13H16N2O6. The Balaban J connectivity index is 3.03. The molecule has 0 aliphatic heterocycles. The van der Waals surface area contributed by atoms with Crippen LogP contribution in [-0.2, 0) is 20.9 Å². The third kappa shape index (κ3) is 3.74. The quantitative estimate of drug-likeness (QED) is 0.334. The van der Waals surface area contributed by atoms with Crippen molar-refractivity contribution >= 4 is 17.4 Å². The van der Waals surface area contributed by atoms with Gasteiger partial charge in [-0.05, 0) is 20.8 Å². The Hall–Kier alpha value is -2.51. The van der Waals surface area contributed by atoms with Gasteiger partial charge in [0.1, 0.15) is 5.41 Å². The minimum absolute atomic E-state index is 0.131. The molecule has 0 amide bonds. The van der Waals surface area contributed by atoms with Crippen molar-refractivity contribution in [2.24, 2.45) is 5.41 Å². The molecule has 1 aromatic heterocycles. The number of esters is 1. The highest BCUT2D eigenvalue weighted by Crippen LogP contribution is 2.20. The molecule has 0 saturated carbocycles. The Bertz CT molecular complexity index is 632. The van der Waals surface area contributed by atoms with Crippen LogP contribution in [0, 0.1) is 15.5 Å². The van der Waals surface area contributed by atoms with Crippen LogP contribution >= 0.6 is 0 Å². The first-order valence-electron chi connectivity index (χ1n) is 6.25. The largest absolute Gasteiger partial charge is 0.465 e. The minimum Gasteiger partial charge on any atom is -0.465 e. The van der Waals surface area contributed by atoms with E-state index in [2.05, 4.69) is 0 Å². The van der Waals surface area contributed by atoms with Crippen LogP contribution in [0.2, 0.25) is 0 Å². The molecule has 114 valence electrons. The molecule has 1 rings (SSSR count). The zero-order chi connectivity index (χ0) is 16.2. The second-order valence-corrected chi connectivity index (χ2v) is 4.88. The van der Waals surface area contributed by atoms with Crippen LogP contribution in [0.5, 0.6) is 0 Å². The van der Waals surface area contributed by atoms with Crippen molar-refractivity contribution in [3.63, 3.8) is 0 Å². The molecule has 0 atom stereocenters. The molecule has 8 heteroatoms. The molecule has 1 heterocycles. The van der Waals surface area contributed by atoms with E-state index < -0.39 is 34.2 Å². The van der Waals surface area contributed by atoms with Crippen molar-refractivity contribution in [2.45, 2.75) is 27.3 Å². The first-order chi connectivity index (χ1) is 9.70. The SMILES string of the molecule is CCOC(=O)C(C)(C)C(=O)Cn1cc([N+](=O)[O-])ccc1=O. The molecule has 0 bridgehead atoms. The van der Waals surface area contributed by atoms with Gasteiger partial charge in [0.15, 0.2) is 5.78 Å². The number of aromatic nitrogens is 1. The molecule has 21 heavy (non-hydrogen) atoms. The fourth-order valence-electron chi connectivity index (χ4n) is 1.53. The summed E-state index contributed by atoms with van der Waals surface area (Å²) >= 11 is 0. The van der Waals surface area contributed by atoms with Gasteiger partial charge in [0, 0.05) is 12.1 Å². The van der Waals surface area contributed by atoms with Crippen molar-refractivity contribution in [1.82, 2.24) is 4.57 Å². The van der Waals surface area contributed by atoms with Crippen molar-refractivity contribution < 1.29 is 19.2 Å². The van der Waals surface area contributed by atoms with E-state index >= 15 is 0 Å². The standard InChI is InChI=1S/C13H16N2O6/c1-4-21-12(18)13(2,3)10(16)8-14-7-9(15(19)20)5-6-11(14)17/h5-7H,4,8H2,1-3H3. The zero-order valence-electron chi connectivity index (χ0n) is 12.0. The van der Waals surface area contributed by atoms with Crippen molar-refractivity contribution in [3.8, 4) is 0 Å². The van der Waals surface area contributed by atoms with Crippen LogP contribution in [0.4, 0.5) is 5.69 Å². The van der Waals surface area contributed by atoms with Gasteiger partial charge in [0.2, 0.25) is 0 Å². The summed E-state index contributed by atoms with van der Waals surface area (Å²) < 4.78 is 5.71. The number of hydrogen-bond donors (Lipinski definition) is 0. The third-order valence-electron chi connectivity index (χ3n) is 2.98. The molecule has 0 aliphatic rings. The van der Waals surface area contributed by atoms with Crippen LogP contribution in [0.3, 0.4) is 0 Å². The lowest BCUT2D eigenvalue weighted by Crippen LogP contribution is -2.39. The van der Waals surface area contributed by atoms with Gasteiger partial charge in [0.05, 0.1) is 24.3 Å². The predicted octanol–water partition coefficient (Wildman–Crippen LogP) is 0.915. The number of carbonyl (C=O) groups excluding carboxylic acids is 2. The van der Waals surface area contributed by atoms with Crippen molar-refractivity contribution in [1.29, 1.82) is 0 Å². The van der Waals surface area contributed by atoms with Crippen molar-refractivity contribution in [2.75, 3.05) is 6.61 Å². The minimum atomic E-state index is -1.43. The summed E-state index contributed by atoms with van der Waals surface area (Å²) in [5, 5.41) is 10.7. The van der Waals surface area contributed by atoms with E-state index in [-0.39, 0.29) is 12.3 Å². The Morgan fingerprint density at radius 2 is 2.00 bits per heavy atom. The van der Waals surface area contributed by atoms with Gasteiger partial charge in [-0.2, -0.15) is 0 Å². The van der Waals surface area contributed by atoms with Gasteiger partial charge in [-0.15, -0.1) is 0 Å². The van der Waals surface area contributed by atoms with Gasteiger partial charge in [-0.1, -0.05) is 0 Å². The fourth-order valence-corrected chi connectivity index (χ4v) is 1.53. The maximum absolute atomic E-state index is 12.2. The number of nitrogens with zero attached hydrogens (tertiary/aromatic N) is 2. The number of ether oxygens (including phenoxy) is 1. The van der Waals surface area contributed by atoms with Gasteiger partial charge < -0.3 is 9.30 Å². The Kier molecular flexibility index (Phi) is 4.96. The summed E-state index contributed by atoms with van der Waals surface area (Å²) in [5.74, 6) is -1.27. The topological polar surface area (TPSA) is 109 Å².